The van der Waals surface area contributed by atoms with Gasteiger partial charge in [-0.2, -0.15) is 0 Å². The molecule has 1 heteroatoms. The Morgan fingerprint density at radius 1 is 0.630 bits per heavy atom. The van der Waals surface area contributed by atoms with E-state index in [1.165, 1.54) is 38.5 Å². The van der Waals surface area contributed by atoms with Crippen molar-refractivity contribution in [1.82, 2.24) is 0 Å². The van der Waals surface area contributed by atoms with Crippen molar-refractivity contribution in [3.63, 3.8) is 0 Å². The first-order valence-corrected chi connectivity index (χ1v) is 14.3. The predicted molar refractivity (Wildman–Crippen MR) is 117 cm³/mol. The van der Waals surface area contributed by atoms with Gasteiger partial charge in [-0.3, -0.25) is 0 Å². The van der Waals surface area contributed by atoms with Gasteiger partial charge in [0.05, 0.1) is 0 Å². The van der Waals surface area contributed by atoms with Crippen LogP contribution in [-0.4, -0.2) is 0 Å². The van der Waals surface area contributed by atoms with Crippen LogP contribution in [0.2, 0.25) is 0 Å². The van der Waals surface area contributed by atoms with E-state index in [9.17, 15) is 0 Å². The molecule has 148 valence electrons. The Morgan fingerprint density at radius 2 is 0.963 bits per heavy atom. The van der Waals surface area contributed by atoms with E-state index in [1.54, 1.807) is 33.4 Å². The Morgan fingerprint density at radius 3 is 1.26 bits per heavy atom. The quantitative estimate of drug-likeness (QED) is 0.345. The zero-order valence-electron chi connectivity index (χ0n) is 19.9. The predicted octanol–water partition coefficient (Wildman–Crippen LogP) is 8.71. The Balaban J connectivity index is 2.53. The van der Waals surface area contributed by atoms with Crippen LogP contribution < -0.4 is 0 Å². The summed E-state index contributed by atoms with van der Waals surface area (Å²) < 4.78 is 3.80. The van der Waals surface area contributed by atoms with Crippen molar-refractivity contribution in [3.05, 3.63) is 41.8 Å². The molecule has 0 heterocycles. The Bertz CT molecular complexity index is 657. The van der Waals surface area contributed by atoms with Gasteiger partial charge in [-0.25, -0.2) is 0 Å². The van der Waals surface area contributed by atoms with Crippen molar-refractivity contribution in [2.45, 2.75) is 108 Å². The summed E-state index contributed by atoms with van der Waals surface area (Å²) in [6, 6.07) is 0. The molecular weight excluding hydrogens is 378 g/mol. The van der Waals surface area contributed by atoms with Crippen molar-refractivity contribution < 1.29 is 17.1 Å². The Hall–Kier alpha value is -0.417. The second kappa shape index (κ2) is 8.53. The second-order valence-corrected chi connectivity index (χ2v) is 13.8. The van der Waals surface area contributed by atoms with Gasteiger partial charge in [-0.15, -0.1) is 0 Å². The maximum absolute atomic E-state index is 2.51. The van der Waals surface area contributed by atoms with E-state index in [0.29, 0.717) is 0 Å². The maximum atomic E-state index is 2.51. The van der Waals surface area contributed by atoms with Crippen LogP contribution in [0.3, 0.4) is 0 Å². The Labute approximate surface area is 177 Å². The third-order valence-corrected chi connectivity index (χ3v) is 15.0. The summed E-state index contributed by atoms with van der Waals surface area (Å²) in [5, 5.41) is 0. The number of rotatable bonds is 8. The third kappa shape index (κ3) is 4.01. The van der Waals surface area contributed by atoms with Gasteiger partial charge in [0, 0.05) is 0 Å². The van der Waals surface area contributed by atoms with E-state index in [-0.39, 0.29) is 10.8 Å². The van der Waals surface area contributed by atoms with Crippen molar-refractivity contribution in [1.29, 1.82) is 0 Å². The van der Waals surface area contributed by atoms with Crippen LogP contribution in [0.4, 0.5) is 0 Å². The number of unbranched alkanes of at least 4 members (excludes halogenated alkanes) is 2. The van der Waals surface area contributed by atoms with Crippen LogP contribution in [0.1, 0.15) is 108 Å². The molecule has 0 nitrogen and oxygen atoms in total. The van der Waals surface area contributed by atoms with E-state index in [2.05, 4.69) is 69.2 Å². The van der Waals surface area contributed by atoms with Crippen LogP contribution in [0, 0.1) is 10.8 Å². The monoisotopic (exact) mass is 418 g/mol. The van der Waals surface area contributed by atoms with Gasteiger partial charge in [-0.05, 0) is 0 Å². The van der Waals surface area contributed by atoms with Gasteiger partial charge in [0.1, 0.15) is 0 Å². The number of allylic oxidation sites excluding steroid dienone is 8. The molecule has 0 aliphatic heterocycles. The minimum absolute atomic E-state index is 0.288. The summed E-state index contributed by atoms with van der Waals surface area (Å²) >= 11 is -1.01. The normalized spacial score (nSPS) is 21.7. The van der Waals surface area contributed by atoms with Crippen LogP contribution in [0.25, 0.3) is 0 Å². The van der Waals surface area contributed by atoms with Gasteiger partial charge in [0.2, 0.25) is 0 Å². The minimum atomic E-state index is -1.01. The van der Waals surface area contributed by atoms with Crippen molar-refractivity contribution in [3.8, 4) is 0 Å². The van der Waals surface area contributed by atoms with Crippen molar-refractivity contribution >= 4 is 0 Å². The van der Waals surface area contributed by atoms with E-state index in [4.69, 9.17) is 0 Å². The molecule has 0 atom stereocenters. The fourth-order valence-electron chi connectivity index (χ4n) is 5.27. The van der Waals surface area contributed by atoms with Crippen molar-refractivity contribution in [2.75, 3.05) is 0 Å². The first-order valence-electron chi connectivity index (χ1n) is 11.3. The molecule has 0 spiro atoms. The van der Waals surface area contributed by atoms with E-state index in [0.717, 1.165) is 0 Å². The molecule has 27 heavy (non-hydrogen) atoms. The van der Waals surface area contributed by atoms with Gasteiger partial charge >= 0.3 is 177 Å². The first kappa shape index (κ1) is 22.9. The number of hydrogen-bond donors (Lipinski definition) is 0. The van der Waals surface area contributed by atoms with Gasteiger partial charge in [0.25, 0.3) is 0 Å². The topological polar surface area (TPSA) is 0 Å². The summed E-state index contributed by atoms with van der Waals surface area (Å²) in [6.07, 6.45) is 7.87. The van der Waals surface area contributed by atoms with Gasteiger partial charge < -0.3 is 0 Å². The molecule has 0 aromatic carbocycles. The van der Waals surface area contributed by atoms with Gasteiger partial charge in [0.15, 0.2) is 0 Å². The fraction of sp³-hybridized carbons (Fsp3) is 0.692. The zero-order valence-corrected chi connectivity index (χ0v) is 22.9. The molecule has 0 unspecified atom stereocenters. The van der Waals surface area contributed by atoms with E-state index in [1.807, 2.05) is 8.33 Å². The van der Waals surface area contributed by atoms with Gasteiger partial charge in [-0.1, -0.05) is 0 Å². The SMILES string of the molecule is CCCCC1=[C]([Zn][C]2=C(CCCC)C(C)=C(C)C2(C)C)C(C)(C)C(C)=C1C. The fourth-order valence-corrected chi connectivity index (χ4v) is 11.7. The van der Waals surface area contributed by atoms with Crippen LogP contribution in [0.15, 0.2) is 41.8 Å². The molecule has 2 rings (SSSR count). The zero-order chi connectivity index (χ0) is 20.6. The van der Waals surface area contributed by atoms with Crippen LogP contribution in [0.5, 0.6) is 0 Å². The molecular formula is C26H42Zn. The molecule has 2 aliphatic rings. The molecule has 0 radical (unpaired) electrons. The summed E-state index contributed by atoms with van der Waals surface area (Å²) in [6.45, 7) is 24.3. The molecule has 2 aliphatic carbocycles. The molecule has 0 aromatic heterocycles. The van der Waals surface area contributed by atoms with Crippen LogP contribution in [-0.2, 0) is 17.1 Å². The molecule has 0 aromatic rings. The average molecular weight is 420 g/mol. The number of hydrogen-bond acceptors (Lipinski definition) is 0. The third-order valence-electron chi connectivity index (χ3n) is 8.06. The summed E-state index contributed by atoms with van der Waals surface area (Å²) in [7, 11) is 0. The second-order valence-electron chi connectivity index (χ2n) is 10.0. The summed E-state index contributed by atoms with van der Waals surface area (Å²) in [5.41, 5.74) is 10.6. The summed E-state index contributed by atoms with van der Waals surface area (Å²) in [4.78, 5) is 0. The first-order chi connectivity index (χ1) is 12.5. The van der Waals surface area contributed by atoms with Crippen molar-refractivity contribution in [2.24, 2.45) is 10.8 Å². The van der Waals surface area contributed by atoms with Crippen LogP contribution >= 0.6 is 0 Å². The molecule has 0 amide bonds. The molecule has 0 saturated heterocycles. The van der Waals surface area contributed by atoms with E-state index < -0.39 is 17.1 Å². The standard InChI is InChI=1S/2C13H21.Zn/c2*1-6-7-8-12-9-13(4,5)11(3)10(12)2;/h2*6-8H2,1-5H3;. The molecule has 0 saturated carbocycles. The molecule has 0 fully saturated rings. The Kier molecular flexibility index (Phi) is 7.22. The molecule has 0 N–H and O–H groups in total. The molecule has 0 bridgehead atoms. The average Bonchev–Trinajstić information content (AvgIpc) is 2.87. The van der Waals surface area contributed by atoms with E-state index >= 15 is 0 Å². The summed E-state index contributed by atoms with van der Waals surface area (Å²) in [5.74, 6) is 0.